The monoisotopic (exact) mass is 647 g/mol. The van der Waals surface area contributed by atoms with Crippen molar-refractivity contribution in [2.75, 3.05) is 31.7 Å². The summed E-state index contributed by atoms with van der Waals surface area (Å²) in [5, 5.41) is 2.58. The highest BCUT2D eigenvalue weighted by Crippen LogP contribution is 2.40. The number of nitrogens with one attached hydrogen (secondary N) is 1. The van der Waals surface area contributed by atoms with Crippen LogP contribution in [0.4, 0.5) is 28.0 Å². The Morgan fingerprint density at radius 2 is 1.84 bits per heavy atom. The van der Waals surface area contributed by atoms with E-state index in [9.17, 15) is 27.6 Å². The molecule has 0 spiro atoms. The molecule has 1 fully saturated rings. The van der Waals surface area contributed by atoms with Gasteiger partial charge in [0.25, 0.3) is 5.91 Å². The van der Waals surface area contributed by atoms with Crippen LogP contribution in [0.2, 0.25) is 10.0 Å². The van der Waals surface area contributed by atoms with Crippen molar-refractivity contribution in [3.05, 3.63) is 67.7 Å². The van der Waals surface area contributed by atoms with Crippen LogP contribution in [-0.2, 0) is 22.6 Å². The Bertz CT molecular complexity index is 1590. The van der Waals surface area contributed by atoms with Crippen LogP contribution < -0.4 is 20.4 Å². The second-order valence-corrected chi connectivity index (χ2v) is 10.5. The average Bonchev–Trinajstić information content (AvgIpc) is 2.93. The van der Waals surface area contributed by atoms with Crippen LogP contribution in [0.1, 0.15) is 35.7 Å². The zero-order chi connectivity index (χ0) is 31.5. The highest BCUT2D eigenvalue weighted by molar-refractivity contribution is 6.35. The zero-order valence-electron chi connectivity index (χ0n) is 23.0. The van der Waals surface area contributed by atoms with Crippen molar-refractivity contribution < 1.29 is 41.4 Å². The number of carbonyl (C=O) groups is 2. The van der Waals surface area contributed by atoms with E-state index in [0.29, 0.717) is 15.2 Å². The van der Waals surface area contributed by atoms with E-state index in [1.165, 1.54) is 17.0 Å². The van der Waals surface area contributed by atoms with Gasteiger partial charge < -0.3 is 29.0 Å². The van der Waals surface area contributed by atoms with E-state index in [2.05, 4.69) is 5.32 Å². The predicted octanol–water partition coefficient (Wildman–Crippen LogP) is 6.09. The van der Waals surface area contributed by atoms with Gasteiger partial charge in [-0.3, -0.25) is 9.59 Å². The molecule has 1 aliphatic rings. The summed E-state index contributed by atoms with van der Waals surface area (Å²) >= 11 is 12.0. The Hall–Kier alpha value is -3.71. The maximum atomic E-state index is 15.7. The number of alkyl halides is 3. The minimum absolute atomic E-state index is 0.136. The summed E-state index contributed by atoms with van der Waals surface area (Å²) in [7, 11) is 1.15. The van der Waals surface area contributed by atoms with E-state index in [4.69, 9.17) is 37.4 Å². The Morgan fingerprint density at radius 1 is 1.14 bits per heavy atom. The number of piperidine rings is 1. The lowest BCUT2D eigenvalue weighted by molar-refractivity contribution is -0.140. The summed E-state index contributed by atoms with van der Waals surface area (Å²) < 4.78 is 72.9. The second-order valence-electron chi connectivity index (χ2n) is 9.66. The molecule has 1 aromatic heterocycles. The zero-order valence-corrected chi connectivity index (χ0v) is 24.5. The van der Waals surface area contributed by atoms with Gasteiger partial charge in [-0.15, -0.1) is 0 Å². The number of fused-ring (bicyclic) bond motifs is 1. The molecule has 1 N–H and O–H groups in total. The number of aromatic nitrogens is 1. The lowest BCUT2D eigenvalue weighted by Gasteiger charge is -2.34. The second kappa shape index (κ2) is 13.3. The van der Waals surface area contributed by atoms with Gasteiger partial charge in [0.1, 0.15) is 23.9 Å². The molecular formula is C28H27Cl2F4N3O6. The molecule has 9 nitrogen and oxygen atoms in total. The summed E-state index contributed by atoms with van der Waals surface area (Å²) in [6.07, 6.45) is -4.76. The SMILES string of the molecule is CCOC(=O)OC1CCN(c2c(F)cc3c(=O)c(C(=O)NCc4ccc(Cl)cc4Cl)cn(CC(F)(F)F)c3c2OC)CC1. The normalized spacial score (nSPS) is 14.1. The Balaban J connectivity index is 1.73. The molecule has 1 saturated heterocycles. The van der Waals surface area contributed by atoms with Crippen molar-refractivity contribution in [2.24, 2.45) is 0 Å². The molecule has 0 radical (unpaired) electrons. The third-order valence-electron chi connectivity index (χ3n) is 6.78. The van der Waals surface area contributed by atoms with Crippen molar-refractivity contribution in [2.45, 2.75) is 45.1 Å². The van der Waals surface area contributed by atoms with Crippen LogP contribution in [0.3, 0.4) is 0 Å². The predicted molar refractivity (Wildman–Crippen MR) is 152 cm³/mol. The fourth-order valence-electron chi connectivity index (χ4n) is 4.88. The minimum Gasteiger partial charge on any atom is -0.492 e. The quantitative estimate of drug-likeness (QED) is 0.233. The first-order valence-electron chi connectivity index (χ1n) is 13.1. The van der Waals surface area contributed by atoms with Gasteiger partial charge in [0.05, 0.1) is 24.6 Å². The van der Waals surface area contributed by atoms with E-state index >= 15 is 4.39 Å². The van der Waals surface area contributed by atoms with Crippen LogP contribution in [0, 0.1) is 5.82 Å². The van der Waals surface area contributed by atoms with Crippen LogP contribution in [0.25, 0.3) is 10.9 Å². The fraction of sp³-hybridized carbons (Fsp3) is 0.393. The molecule has 0 bridgehead atoms. The van der Waals surface area contributed by atoms with Crippen molar-refractivity contribution in [3.8, 4) is 5.75 Å². The van der Waals surface area contributed by atoms with Gasteiger partial charge in [-0.1, -0.05) is 29.3 Å². The van der Waals surface area contributed by atoms with Gasteiger partial charge in [0.15, 0.2) is 11.6 Å². The molecular weight excluding hydrogens is 621 g/mol. The standard InChI is InChI=1S/C28H27Cl2F4N3O6/c1-3-42-27(40)43-17-6-8-36(9-7-17)23-21(31)11-18-22(25(23)41-2)37(14-28(32,33)34)13-19(24(18)38)26(39)35-12-15-4-5-16(29)10-20(15)30/h4-5,10-11,13,17H,3,6-9,12,14H2,1-2H3,(H,35,39). The summed E-state index contributed by atoms with van der Waals surface area (Å²) in [6.45, 7) is 0.350. The molecule has 232 valence electrons. The van der Waals surface area contributed by atoms with Crippen LogP contribution in [0.5, 0.6) is 5.75 Å². The van der Waals surface area contributed by atoms with Gasteiger partial charge in [0.2, 0.25) is 5.43 Å². The van der Waals surface area contributed by atoms with E-state index in [0.717, 1.165) is 19.4 Å². The number of amides is 1. The largest absolute Gasteiger partial charge is 0.508 e. The van der Waals surface area contributed by atoms with Crippen LogP contribution in [0.15, 0.2) is 35.3 Å². The number of pyridine rings is 1. The molecule has 15 heteroatoms. The number of hydrogen-bond donors (Lipinski definition) is 1. The van der Waals surface area contributed by atoms with Crippen LogP contribution >= 0.6 is 23.2 Å². The van der Waals surface area contributed by atoms with Crippen molar-refractivity contribution in [3.63, 3.8) is 0 Å². The maximum Gasteiger partial charge on any atom is 0.508 e. The number of hydrogen-bond acceptors (Lipinski definition) is 7. The van der Waals surface area contributed by atoms with Gasteiger partial charge in [-0.25, -0.2) is 9.18 Å². The lowest BCUT2D eigenvalue weighted by atomic mass is 10.0. The molecule has 2 heterocycles. The summed E-state index contributed by atoms with van der Waals surface area (Å²) in [6, 6.07) is 5.32. The lowest BCUT2D eigenvalue weighted by Crippen LogP contribution is -2.38. The molecule has 43 heavy (non-hydrogen) atoms. The van der Waals surface area contributed by atoms with Gasteiger partial charge in [-0.05, 0) is 30.7 Å². The molecule has 2 aromatic carbocycles. The fourth-order valence-corrected chi connectivity index (χ4v) is 5.35. The van der Waals surface area contributed by atoms with E-state index < -0.39 is 53.1 Å². The van der Waals surface area contributed by atoms with Gasteiger partial charge in [0, 0.05) is 48.7 Å². The minimum atomic E-state index is -4.77. The van der Waals surface area contributed by atoms with E-state index in [-0.39, 0.29) is 61.1 Å². The molecule has 1 amide bonds. The molecule has 0 unspecified atom stereocenters. The van der Waals surface area contributed by atoms with Crippen molar-refractivity contribution in [1.82, 2.24) is 9.88 Å². The summed E-state index contributed by atoms with van der Waals surface area (Å²) in [4.78, 5) is 39.7. The third-order valence-corrected chi connectivity index (χ3v) is 7.37. The first-order chi connectivity index (χ1) is 20.3. The number of benzene rings is 2. The Kier molecular flexibility index (Phi) is 9.96. The first-order valence-corrected chi connectivity index (χ1v) is 13.9. The summed E-state index contributed by atoms with van der Waals surface area (Å²) in [5.41, 5.74) is -1.66. The van der Waals surface area contributed by atoms with Crippen molar-refractivity contribution >= 4 is 51.9 Å². The number of carbonyl (C=O) groups excluding carboxylic acids is 2. The molecule has 1 aliphatic heterocycles. The topological polar surface area (TPSA) is 99.1 Å². The molecule has 0 aliphatic carbocycles. The Morgan fingerprint density at radius 3 is 2.44 bits per heavy atom. The van der Waals surface area contributed by atoms with Crippen molar-refractivity contribution in [1.29, 1.82) is 0 Å². The maximum absolute atomic E-state index is 15.7. The highest BCUT2D eigenvalue weighted by atomic mass is 35.5. The van der Waals surface area contributed by atoms with Crippen LogP contribution in [-0.4, -0.2) is 55.7 Å². The number of halogens is 6. The first kappa shape index (κ1) is 32.2. The summed E-state index contributed by atoms with van der Waals surface area (Å²) in [5.74, 6) is -2.22. The number of nitrogens with zero attached hydrogens (tertiary/aromatic N) is 2. The molecule has 0 atom stereocenters. The molecule has 3 aromatic rings. The van der Waals surface area contributed by atoms with E-state index in [1.54, 1.807) is 13.0 Å². The Labute approximate surface area is 253 Å². The third kappa shape index (κ3) is 7.45. The number of anilines is 1. The molecule has 0 saturated carbocycles. The smallest absolute Gasteiger partial charge is 0.492 e. The highest BCUT2D eigenvalue weighted by Gasteiger charge is 2.33. The van der Waals surface area contributed by atoms with Gasteiger partial charge in [-0.2, -0.15) is 13.2 Å². The molecule has 4 rings (SSSR count). The number of methoxy groups -OCH3 is 1. The number of ether oxygens (including phenoxy) is 3. The number of rotatable bonds is 8. The van der Waals surface area contributed by atoms with E-state index in [1.807, 2.05) is 0 Å². The average molecular weight is 648 g/mol. The van der Waals surface area contributed by atoms with Gasteiger partial charge >= 0.3 is 12.3 Å².